The lowest BCUT2D eigenvalue weighted by Crippen LogP contribution is -2.61. The number of benzene rings is 1. The van der Waals surface area contributed by atoms with Gasteiger partial charge in [-0.25, -0.2) is 4.79 Å². The Morgan fingerprint density at radius 1 is 0.662 bits per heavy atom. The van der Waals surface area contributed by atoms with Crippen LogP contribution in [0, 0.1) is 17.8 Å². The summed E-state index contributed by atoms with van der Waals surface area (Å²) in [7, 11) is 0. The Hall–Kier alpha value is -6.69. The van der Waals surface area contributed by atoms with E-state index in [-0.39, 0.29) is 57.5 Å². The SMILES string of the molecule is CC[C@H](C)[C@H](NC(=O)[C@H](CC(C)C)NC(=O)[C@@H](N)CCC(=O)O)C(=O)N[C@@H](C)C(=O)N[C@@H](CCCCN)C(=O)N[C@H](C(=O)N1CCC[C@H]1C(=O)N[C@@H](CC(N)=O)C(=O)N[C@@H](Cc1ccccc1)C(=O)O)[C@@H](C)CC. The van der Waals surface area contributed by atoms with Gasteiger partial charge in [-0.1, -0.05) is 84.7 Å². The summed E-state index contributed by atoms with van der Waals surface area (Å²) < 4.78 is 0. The van der Waals surface area contributed by atoms with Crippen molar-refractivity contribution in [2.75, 3.05) is 13.1 Å². The molecule has 9 amide bonds. The van der Waals surface area contributed by atoms with Crippen molar-refractivity contribution in [3.63, 3.8) is 0 Å². The third kappa shape index (κ3) is 21.0. The number of carboxylic acids is 2. The van der Waals surface area contributed by atoms with Crippen LogP contribution in [0.3, 0.4) is 0 Å². The van der Waals surface area contributed by atoms with E-state index in [0.29, 0.717) is 37.7 Å². The second-order valence-electron chi connectivity index (χ2n) is 19.6. The lowest BCUT2D eigenvalue weighted by Gasteiger charge is -2.33. The first kappa shape index (κ1) is 63.4. The van der Waals surface area contributed by atoms with Gasteiger partial charge in [-0.3, -0.25) is 47.9 Å². The third-order valence-electron chi connectivity index (χ3n) is 13.0. The van der Waals surface area contributed by atoms with Gasteiger partial charge in [0.1, 0.15) is 48.3 Å². The summed E-state index contributed by atoms with van der Waals surface area (Å²) >= 11 is 0. The minimum Gasteiger partial charge on any atom is -0.481 e. The van der Waals surface area contributed by atoms with Crippen molar-refractivity contribution in [2.45, 2.75) is 180 Å². The molecule has 15 N–H and O–H groups in total. The van der Waals surface area contributed by atoms with Gasteiger partial charge in [-0.05, 0) is 81.7 Å². The van der Waals surface area contributed by atoms with Crippen molar-refractivity contribution in [1.29, 1.82) is 0 Å². The van der Waals surface area contributed by atoms with Crippen LogP contribution in [0.25, 0.3) is 0 Å². The molecule has 1 aromatic rings. The number of rotatable bonds is 33. The van der Waals surface area contributed by atoms with E-state index < -0.39 is 138 Å². The summed E-state index contributed by atoms with van der Waals surface area (Å²) in [6, 6.07) is -2.89. The van der Waals surface area contributed by atoms with Crippen LogP contribution >= 0.6 is 0 Å². The number of amides is 9. The van der Waals surface area contributed by atoms with Crippen LogP contribution in [-0.4, -0.2) is 148 Å². The van der Waals surface area contributed by atoms with E-state index in [1.165, 1.54) is 11.8 Å². The lowest BCUT2D eigenvalue weighted by molar-refractivity contribution is -0.144. The number of carbonyl (C=O) groups excluding carboxylic acids is 9. The Bertz CT molecular complexity index is 2090. The average Bonchev–Trinajstić information content (AvgIpc) is 3.85. The fraction of sp³-hybridized carbons (Fsp3) is 0.660. The van der Waals surface area contributed by atoms with E-state index in [0.717, 1.165) is 0 Å². The molecule has 74 heavy (non-hydrogen) atoms. The normalized spacial score (nSPS) is 17.3. The molecule has 1 aliphatic heterocycles. The number of unbranched alkanes of at least 4 members (excludes halogenated alkanes) is 1. The standard InChI is InChI=1S/C50H81N11O13/c1-8-28(5)40(59-46(69)34(24-27(3)4)56-43(66)32(52)20-21-39(63)64)48(71)54-30(7)42(65)55-33(18-13-14-22-51)44(67)60-41(29(6)9-2)49(72)61-23-15-19-37(61)47(70)57-35(26-38(53)62)45(68)58-36(50(73)74)25-31-16-11-10-12-17-31/h10-12,16-17,27-30,32-37,40-41H,8-9,13-15,18-26,51-52H2,1-7H3,(H2,53,62)(H,54,71)(H,55,65)(H,56,66)(H,57,70)(H,58,68)(H,59,69)(H,60,67)(H,63,64)(H,73,74)/t28-,29-,30-,32-,33-,34-,35-,36-,37-,40-,41-/m0/s1. The van der Waals surface area contributed by atoms with Crippen LogP contribution in [-0.2, 0) is 59.2 Å². The summed E-state index contributed by atoms with van der Waals surface area (Å²) in [5.41, 5.74) is 17.7. The van der Waals surface area contributed by atoms with Gasteiger partial charge in [-0.2, -0.15) is 0 Å². The first-order valence-electron chi connectivity index (χ1n) is 25.5. The van der Waals surface area contributed by atoms with Crippen molar-refractivity contribution in [3.8, 4) is 0 Å². The van der Waals surface area contributed by atoms with Gasteiger partial charge in [-0.15, -0.1) is 0 Å². The molecule has 0 saturated carbocycles. The van der Waals surface area contributed by atoms with Crippen molar-refractivity contribution >= 4 is 65.1 Å². The zero-order chi connectivity index (χ0) is 55.8. The van der Waals surface area contributed by atoms with Gasteiger partial charge in [0.15, 0.2) is 0 Å². The summed E-state index contributed by atoms with van der Waals surface area (Å²) in [6.45, 7) is 12.4. The topological polar surface area (TPSA) is 394 Å². The van der Waals surface area contributed by atoms with Crippen molar-refractivity contribution < 1.29 is 63.0 Å². The number of carbonyl (C=O) groups is 11. The molecule has 11 atom stereocenters. The van der Waals surface area contributed by atoms with E-state index in [9.17, 15) is 57.8 Å². The summed E-state index contributed by atoms with van der Waals surface area (Å²) in [5.74, 6) is -10.6. The van der Waals surface area contributed by atoms with Crippen LogP contribution in [0.4, 0.5) is 0 Å². The molecule has 0 aliphatic carbocycles. The fourth-order valence-corrected chi connectivity index (χ4v) is 8.19. The monoisotopic (exact) mass is 1040 g/mol. The summed E-state index contributed by atoms with van der Waals surface area (Å²) in [6.07, 6.45) is 1.13. The molecule has 0 unspecified atom stereocenters. The first-order chi connectivity index (χ1) is 34.8. The van der Waals surface area contributed by atoms with Gasteiger partial charge < -0.3 is 69.5 Å². The fourth-order valence-electron chi connectivity index (χ4n) is 8.19. The minimum atomic E-state index is -1.59. The van der Waals surface area contributed by atoms with Crippen molar-refractivity contribution in [1.82, 2.24) is 42.1 Å². The smallest absolute Gasteiger partial charge is 0.326 e. The molecule has 0 radical (unpaired) electrons. The Morgan fingerprint density at radius 2 is 1.23 bits per heavy atom. The predicted octanol–water partition coefficient (Wildman–Crippen LogP) is -0.947. The maximum atomic E-state index is 14.5. The van der Waals surface area contributed by atoms with Gasteiger partial charge >= 0.3 is 11.9 Å². The van der Waals surface area contributed by atoms with E-state index in [1.54, 1.807) is 58.0 Å². The number of nitrogens with one attached hydrogen (secondary N) is 7. The molecule has 1 heterocycles. The molecular weight excluding hydrogens is 963 g/mol. The minimum absolute atomic E-state index is 0.0808. The predicted molar refractivity (Wildman–Crippen MR) is 272 cm³/mol. The molecule has 414 valence electrons. The van der Waals surface area contributed by atoms with Crippen LogP contribution in [0.15, 0.2) is 30.3 Å². The van der Waals surface area contributed by atoms with Crippen LogP contribution < -0.4 is 54.4 Å². The Labute approximate surface area is 432 Å². The maximum absolute atomic E-state index is 14.5. The van der Waals surface area contributed by atoms with E-state index in [4.69, 9.17) is 22.3 Å². The van der Waals surface area contributed by atoms with Gasteiger partial charge in [0, 0.05) is 19.4 Å². The zero-order valence-corrected chi connectivity index (χ0v) is 43.8. The lowest BCUT2D eigenvalue weighted by atomic mass is 9.96. The third-order valence-corrected chi connectivity index (χ3v) is 13.0. The molecule has 1 aliphatic rings. The number of hydrogen-bond donors (Lipinski definition) is 12. The average molecular weight is 1040 g/mol. The van der Waals surface area contributed by atoms with E-state index in [2.05, 4.69) is 37.2 Å². The number of carboxylic acid groups (broad SMARTS) is 2. The van der Waals surface area contributed by atoms with Crippen LogP contribution in [0.5, 0.6) is 0 Å². The summed E-state index contributed by atoms with van der Waals surface area (Å²) in [4.78, 5) is 147. The first-order valence-corrected chi connectivity index (χ1v) is 25.5. The number of hydrogen-bond acceptors (Lipinski definition) is 13. The molecule has 0 aromatic heterocycles. The number of likely N-dealkylation sites (tertiary alicyclic amines) is 1. The molecule has 1 saturated heterocycles. The second kappa shape index (κ2) is 31.8. The molecule has 0 bridgehead atoms. The Morgan fingerprint density at radius 3 is 1.80 bits per heavy atom. The van der Waals surface area contributed by atoms with E-state index >= 15 is 0 Å². The molecule has 1 aromatic carbocycles. The van der Waals surface area contributed by atoms with Crippen molar-refractivity contribution in [3.05, 3.63) is 35.9 Å². The molecule has 24 nitrogen and oxygen atoms in total. The highest BCUT2D eigenvalue weighted by atomic mass is 16.4. The van der Waals surface area contributed by atoms with Crippen molar-refractivity contribution in [2.24, 2.45) is 35.0 Å². The quantitative estimate of drug-likeness (QED) is 0.0378. The molecule has 1 fully saturated rings. The van der Waals surface area contributed by atoms with Crippen LogP contribution in [0.2, 0.25) is 0 Å². The summed E-state index contributed by atoms with van der Waals surface area (Å²) in [5, 5.41) is 37.1. The largest absolute Gasteiger partial charge is 0.481 e. The molecule has 2 rings (SSSR count). The number of nitrogens with zero attached hydrogens (tertiary/aromatic N) is 1. The Kier molecular flexibility index (Phi) is 27.3. The number of primary amides is 1. The van der Waals surface area contributed by atoms with Gasteiger partial charge in [0.25, 0.3) is 0 Å². The highest BCUT2D eigenvalue weighted by molar-refractivity contribution is 5.99. The molecule has 0 spiro atoms. The maximum Gasteiger partial charge on any atom is 0.326 e. The molecule has 24 heteroatoms. The number of aliphatic carboxylic acids is 2. The molecular formula is C50H81N11O13. The number of nitrogens with two attached hydrogens (primary N) is 3. The Balaban J connectivity index is 2.28. The highest BCUT2D eigenvalue weighted by Gasteiger charge is 2.42. The highest BCUT2D eigenvalue weighted by Crippen LogP contribution is 2.22. The second-order valence-corrected chi connectivity index (χ2v) is 19.6. The van der Waals surface area contributed by atoms with Gasteiger partial charge in [0.05, 0.1) is 12.5 Å². The van der Waals surface area contributed by atoms with Crippen LogP contribution in [0.1, 0.15) is 125 Å². The zero-order valence-electron chi connectivity index (χ0n) is 43.8. The van der Waals surface area contributed by atoms with Gasteiger partial charge in [0.2, 0.25) is 53.2 Å². The van der Waals surface area contributed by atoms with E-state index in [1.807, 2.05) is 13.8 Å².